The molecule has 4 fully saturated rings. The van der Waals surface area contributed by atoms with E-state index in [1.54, 1.807) is 0 Å². The third-order valence-corrected chi connectivity index (χ3v) is 11.4. The van der Waals surface area contributed by atoms with E-state index in [2.05, 4.69) is 20.1 Å². The maximum atomic E-state index is 16.9. The molecule has 5 aliphatic rings. The van der Waals surface area contributed by atoms with Gasteiger partial charge in [0, 0.05) is 29.8 Å². The van der Waals surface area contributed by atoms with Crippen LogP contribution in [0.1, 0.15) is 38.5 Å². The molecule has 5 aliphatic heterocycles. The van der Waals surface area contributed by atoms with Gasteiger partial charge in [0.2, 0.25) is 0 Å². The van der Waals surface area contributed by atoms with E-state index >= 15 is 4.39 Å². The fourth-order valence-electron chi connectivity index (χ4n) is 8.21. The van der Waals surface area contributed by atoms with Crippen molar-refractivity contribution in [2.24, 2.45) is 0 Å². The highest BCUT2D eigenvalue weighted by molar-refractivity contribution is 7.22. The monoisotopic (exact) mass is 607 g/mol. The summed E-state index contributed by atoms with van der Waals surface area (Å²) in [6.45, 7) is 3.86. The molecule has 4 aromatic rings. The van der Waals surface area contributed by atoms with Crippen molar-refractivity contribution in [3.05, 3.63) is 29.0 Å². The Morgan fingerprint density at radius 3 is 2.88 bits per heavy atom. The van der Waals surface area contributed by atoms with Gasteiger partial charge >= 0.3 is 6.01 Å². The number of hydrogen-bond donors (Lipinski definition) is 2. The molecular weight excluding hydrogens is 577 g/mol. The first kappa shape index (κ1) is 25.5. The van der Waals surface area contributed by atoms with Gasteiger partial charge in [-0.05, 0) is 57.7 Å². The van der Waals surface area contributed by atoms with Crippen LogP contribution in [-0.2, 0) is 0 Å². The van der Waals surface area contributed by atoms with Gasteiger partial charge in [0.15, 0.2) is 16.7 Å². The molecule has 2 aromatic carbocycles. The SMILES string of the molecule is Nc1nc2c(-c3c(Cl)c4c5c(nc(OCC67CCCN6CCC7)nc5c3F)N3C[C@@H]5CC[C@@H](N5)[C@@H]3CO4)cccc2s1. The quantitative estimate of drug-likeness (QED) is 0.332. The zero-order valence-corrected chi connectivity index (χ0v) is 24.6. The van der Waals surface area contributed by atoms with E-state index in [4.69, 9.17) is 36.8 Å². The average Bonchev–Trinajstić information content (AvgIpc) is 3.73. The number of nitrogens with two attached hydrogens (primary N) is 1. The molecule has 9 rings (SSSR count). The zero-order valence-electron chi connectivity index (χ0n) is 23.0. The van der Waals surface area contributed by atoms with Gasteiger partial charge in [-0.15, -0.1) is 0 Å². The third-order valence-electron chi connectivity index (χ3n) is 10.2. The predicted octanol–water partition coefficient (Wildman–Crippen LogP) is 4.99. The van der Waals surface area contributed by atoms with Crippen molar-refractivity contribution in [2.75, 3.05) is 43.5 Å². The minimum atomic E-state index is -0.534. The molecule has 3 atom stereocenters. The van der Waals surface area contributed by atoms with E-state index in [-0.39, 0.29) is 39.7 Å². The van der Waals surface area contributed by atoms with E-state index in [1.807, 2.05) is 18.2 Å². The molecule has 3 N–H and O–H groups in total. The van der Waals surface area contributed by atoms with Gasteiger partial charge in [0.25, 0.3) is 0 Å². The second kappa shape index (κ2) is 9.25. The first-order valence-electron chi connectivity index (χ1n) is 14.9. The maximum Gasteiger partial charge on any atom is 0.319 e. The summed E-state index contributed by atoms with van der Waals surface area (Å²) >= 11 is 8.45. The average molecular weight is 608 g/mol. The third kappa shape index (κ3) is 3.63. The summed E-state index contributed by atoms with van der Waals surface area (Å²) in [4.78, 5) is 19.1. The lowest BCUT2D eigenvalue weighted by molar-refractivity contribution is 0.108. The van der Waals surface area contributed by atoms with Gasteiger partial charge in [-0.25, -0.2) is 9.37 Å². The van der Waals surface area contributed by atoms with Gasteiger partial charge < -0.3 is 25.4 Å². The molecule has 0 amide bonds. The van der Waals surface area contributed by atoms with Crippen molar-refractivity contribution in [1.82, 2.24) is 25.2 Å². The van der Waals surface area contributed by atoms with Gasteiger partial charge in [0.05, 0.1) is 32.2 Å². The lowest BCUT2D eigenvalue weighted by Gasteiger charge is -2.40. The minimum absolute atomic E-state index is 0.0152. The minimum Gasteiger partial charge on any atom is -0.489 e. The van der Waals surface area contributed by atoms with Crippen LogP contribution in [0.25, 0.3) is 32.2 Å². The van der Waals surface area contributed by atoms with Crippen molar-refractivity contribution in [3.63, 3.8) is 0 Å². The number of para-hydroxylation sites is 1. The van der Waals surface area contributed by atoms with Crippen LogP contribution in [0.2, 0.25) is 5.02 Å². The first-order valence-corrected chi connectivity index (χ1v) is 16.1. The van der Waals surface area contributed by atoms with Crippen molar-refractivity contribution >= 4 is 55.0 Å². The Labute approximate surface area is 251 Å². The largest absolute Gasteiger partial charge is 0.489 e. The number of nitrogens with one attached hydrogen (secondary N) is 1. The topological polar surface area (TPSA) is 102 Å². The maximum absolute atomic E-state index is 16.9. The van der Waals surface area contributed by atoms with Gasteiger partial charge in [-0.1, -0.05) is 35.1 Å². The highest BCUT2D eigenvalue weighted by Crippen LogP contribution is 2.50. The predicted molar refractivity (Wildman–Crippen MR) is 162 cm³/mol. The Balaban J connectivity index is 1.25. The van der Waals surface area contributed by atoms with Crippen LogP contribution in [0.4, 0.5) is 15.3 Å². The Bertz CT molecular complexity index is 1760. The molecule has 4 saturated heterocycles. The first-order chi connectivity index (χ1) is 20.5. The summed E-state index contributed by atoms with van der Waals surface area (Å²) in [5.41, 5.74) is 7.59. The highest BCUT2D eigenvalue weighted by atomic mass is 35.5. The molecule has 9 nitrogen and oxygen atoms in total. The molecule has 0 spiro atoms. The number of nitrogen functional groups attached to an aromatic ring is 1. The number of anilines is 2. The summed E-state index contributed by atoms with van der Waals surface area (Å²) in [7, 11) is 0. The molecule has 0 radical (unpaired) electrons. The van der Waals surface area contributed by atoms with Crippen LogP contribution in [0, 0.1) is 5.82 Å². The Morgan fingerprint density at radius 2 is 2.02 bits per heavy atom. The normalized spacial score (nSPS) is 26.0. The number of rotatable bonds is 4. The number of nitrogens with zero attached hydrogens (tertiary/aromatic N) is 5. The van der Waals surface area contributed by atoms with E-state index < -0.39 is 5.82 Å². The molecule has 0 saturated carbocycles. The van der Waals surface area contributed by atoms with Crippen LogP contribution >= 0.6 is 22.9 Å². The van der Waals surface area contributed by atoms with E-state index in [1.165, 1.54) is 24.2 Å². The smallest absolute Gasteiger partial charge is 0.319 e. The summed E-state index contributed by atoms with van der Waals surface area (Å²) in [6, 6.07) is 6.44. The molecule has 0 unspecified atom stereocenters. The molecule has 2 aromatic heterocycles. The van der Waals surface area contributed by atoms with E-state index in [0.717, 1.165) is 50.0 Å². The van der Waals surface area contributed by atoms with Crippen LogP contribution in [0.15, 0.2) is 18.2 Å². The Morgan fingerprint density at radius 1 is 1.17 bits per heavy atom. The second-order valence-electron chi connectivity index (χ2n) is 12.4. The highest BCUT2D eigenvalue weighted by Gasteiger charge is 2.46. The fraction of sp³-hybridized carbons (Fsp3) is 0.500. The van der Waals surface area contributed by atoms with Crippen molar-refractivity contribution < 1.29 is 13.9 Å². The van der Waals surface area contributed by atoms with E-state index in [9.17, 15) is 0 Å². The Hall–Kier alpha value is -2.99. The van der Waals surface area contributed by atoms with Crippen LogP contribution in [-0.4, -0.2) is 76.4 Å². The number of aromatic nitrogens is 3. The van der Waals surface area contributed by atoms with Gasteiger partial charge in [-0.2, -0.15) is 9.97 Å². The fourth-order valence-corrected chi connectivity index (χ4v) is 9.31. The molecule has 7 heterocycles. The lowest BCUT2D eigenvalue weighted by atomic mass is 9.95. The number of benzene rings is 2. The number of fused-ring (bicyclic) bond motifs is 7. The van der Waals surface area contributed by atoms with E-state index in [0.29, 0.717) is 52.4 Å². The number of hydrogen-bond acceptors (Lipinski definition) is 10. The molecule has 0 aliphatic carbocycles. The molecule has 2 bridgehead atoms. The number of piperazine rings is 1. The second-order valence-corrected chi connectivity index (χ2v) is 13.8. The van der Waals surface area contributed by atoms with Crippen molar-refractivity contribution in [2.45, 2.75) is 62.2 Å². The summed E-state index contributed by atoms with van der Waals surface area (Å²) in [5, 5.41) is 4.85. The number of thiazole rings is 1. The number of ether oxygens (including phenoxy) is 2. The van der Waals surface area contributed by atoms with Crippen molar-refractivity contribution in [3.8, 4) is 22.9 Å². The lowest BCUT2D eigenvalue weighted by Crippen LogP contribution is -2.60. The molecular formula is C30H31ClFN7O2S. The summed E-state index contributed by atoms with van der Waals surface area (Å²) in [5.74, 6) is 0.515. The molecule has 42 heavy (non-hydrogen) atoms. The van der Waals surface area contributed by atoms with Crippen molar-refractivity contribution in [1.29, 1.82) is 0 Å². The van der Waals surface area contributed by atoms with Crippen LogP contribution < -0.4 is 25.4 Å². The van der Waals surface area contributed by atoms with Crippen LogP contribution in [0.5, 0.6) is 11.8 Å². The zero-order chi connectivity index (χ0) is 28.2. The molecule has 12 heteroatoms. The van der Waals surface area contributed by atoms with Gasteiger partial charge in [0.1, 0.15) is 24.5 Å². The summed E-state index contributed by atoms with van der Waals surface area (Å²) < 4.78 is 30.7. The molecule has 218 valence electrons. The standard InChI is InChI=1S/C30H31ClFN7O2S/c31-22-20(16-4-1-5-19-24(16)35-28(33)42-19)23(32)25-21-26(22)40-13-18-17-7-6-15(34-17)12-39(18)27(21)37-29(36-25)41-14-30-8-2-10-38(30)11-3-9-30/h1,4-5,15,17-18,34H,2-3,6-14H2,(H2,33,35)/t15-,17+,18-/m0/s1. The van der Waals surface area contributed by atoms with Crippen LogP contribution in [0.3, 0.4) is 0 Å². The van der Waals surface area contributed by atoms with Gasteiger partial charge in [-0.3, -0.25) is 4.90 Å². The number of halogens is 2. The Kier molecular flexibility index (Phi) is 5.62. The summed E-state index contributed by atoms with van der Waals surface area (Å²) in [6.07, 6.45) is 6.69.